The van der Waals surface area contributed by atoms with Crippen LogP contribution in [0.3, 0.4) is 0 Å². The fraction of sp³-hybridized carbons (Fsp3) is 0.188. The zero-order valence-corrected chi connectivity index (χ0v) is 13.5. The standard InChI is InChI=1S/C16H13Cl3O2/c1-10(12-7-13(17)15(19)14(18)8-12)16(20)21-9-11-5-3-2-4-6-11/h2-8,10H,9H2,1H3. The minimum Gasteiger partial charge on any atom is -0.460 e. The number of halogens is 3. The van der Waals surface area contributed by atoms with Crippen molar-refractivity contribution in [3.05, 3.63) is 68.7 Å². The van der Waals surface area contributed by atoms with Crippen LogP contribution in [-0.2, 0) is 16.1 Å². The second kappa shape index (κ2) is 7.17. The van der Waals surface area contributed by atoms with Crippen molar-refractivity contribution in [2.45, 2.75) is 19.4 Å². The highest BCUT2D eigenvalue weighted by atomic mass is 35.5. The molecule has 0 bridgehead atoms. The quantitative estimate of drug-likeness (QED) is 0.541. The van der Waals surface area contributed by atoms with Gasteiger partial charge >= 0.3 is 5.97 Å². The third-order valence-corrected chi connectivity index (χ3v) is 4.28. The van der Waals surface area contributed by atoms with Crippen molar-refractivity contribution in [3.8, 4) is 0 Å². The lowest BCUT2D eigenvalue weighted by Gasteiger charge is -2.13. The summed E-state index contributed by atoms with van der Waals surface area (Å²) in [4.78, 5) is 12.1. The third kappa shape index (κ3) is 4.13. The van der Waals surface area contributed by atoms with Gasteiger partial charge in [-0.15, -0.1) is 0 Å². The van der Waals surface area contributed by atoms with E-state index in [2.05, 4.69) is 0 Å². The number of ether oxygens (including phenoxy) is 1. The van der Waals surface area contributed by atoms with Crippen molar-refractivity contribution in [1.29, 1.82) is 0 Å². The number of esters is 1. The van der Waals surface area contributed by atoms with E-state index in [0.717, 1.165) is 5.56 Å². The molecule has 0 fully saturated rings. The van der Waals surface area contributed by atoms with Gasteiger partial charge in [-0.1, -0.05) is 65.1 Å². The zero-order valence-electron chi connectivity index (χ0n) is 11.3. The van der Waals surface area contributed by atoms with Gasteiger partial charge in [0, 0.05) is 0 Å². The first-order valence-electron chi connectivity index (χ1n) is 6.34. The first-order chi connectivity index (χ1) is 9.99. The van der Waals surface area contributed by atoms with Gasteiger partial charge in [-0.05, 0) is 30.2 Å². The van der Waals surface area contributed by atoms with Crippen LogP contribution in [0.4, 0.5) is 0 Å². The van der Waals surface area contributed by atoms with Crippen LogP contribution in [-0.4, -0.2) is 5.97 Å². The molecule has 0 saturated carbocycles. The topological polar surface area (TPSA) is 26.3 Å². The normalized spacial score (nSPS) is 12.0. The first-order valence-corrected chi connectivity index (χ1v) is 7.47. The van der Waals surface area contributed by atoms with Crippen LogP contribution in [0.1, 0.15) is 24.0 Å². The molecule has 5 heteroatoms. The van der Waals surface area contributed by atoms with Gasteiger partial charge in [-0.2, -0.15) is 0 Å². The highest BCUT2D eigenvalue weighted by Gasteiger charge is 2.19. The Morgan fingerprint density at radius 2 is 1.67 bits per heavy atom. The summed E-state index contributed by atoms with van der Waals surface area (Å²) >= 11 is 17.8. The molecule has 0 spiro atoms. The van der Waals surface area contributed by atoms with Crippen molar-refractivity contribution in [3.63, 3.8) is 0 Å². The molecule has 0 saturated heterocycles. The Balaban J connectivity index is 2.06. The van der Waals surface area contributed by atoms with E-state index in [0.29, 0.717) is 15.6 Å². The lowest BCUT2D eigenvalue weighted by molar-refractivity contribution is -0.146. The number of carbonyl (C=O) groups is 1. The molecule has 0 amide bonds. The van der Waals surface area contributed by atoms with E-state index in [4.69, 9.17) is 39.5 Å². The SMILES string of the molecule is CC(C(=O)OCc1ccccc1)c1cc(Cl)c(Cl)c(Cl)c1. The van der Waals surface area contributed by atoms with Gasteiger partial charge < -0.3 is 4.74 Å². The van der Waals surface area contributed by atoms with Gasteiger partial charge in [-0.3, -0.25) is 4.79 Å². The average Bonchev–Trinajstić information content (AvgIpc) is 2.50. The second-order valence-electron chi connectivity index (χ2n) is 4.61. The first kappa shape index (κ1) is 16.2. The van der Waals surface area contributed by atoms with Crippen molar-refractivity contribution >= 4 is 40.8 Å². The van der Waals surface area contributed by atoms with E-state index in [-0.39, 0.29) is 17.6 Å². The molecule has 1 atom stereocenters. The Hall–Kier alpha value is -1.22. The summed E-state index contributed by atoms with van der Waals surface area (Å²) in [5, 5.41) is 0.927. The van der Waals surface area contributed by atoms with Crippen LogP contribution in [0.5, 0.6) is 0 Å². The molecule has 0 N–H and O–H groups in total. The van der Waals surface area contributed by atoms with E-state index in [1.165, 1.54) is 0 Å². The second-order valence-corrected chi connectivity index (χ2v) is 5.81. The molecular formula is C16H13Cl3O2. The predicted molar refractivity (Wildman–Crippen MR) is 86.1 cm³/mol. The summed E-state index contributed by atoms with van der Waals surface area (Å²) < 4.78 is 5.30. The van der Waals surface area contributed by atoms with Crippen LogP contribution in [0.2, 0.25) is 15.1 Å². The minimum atomic E-state index is -0.471. The molecule has 0 aliphatic rings. The Labute approximate surface area is 138 Å². The summed E-state index contributed by atoms with van der Waals surface area (Å²) in [5.41, 5.74) is 1.61. The molecule has 2 aromatic carbocycles. The van der Waals surface area contributed by atoms with Crippen molar-refractivity contribution < 1.29 is 9.53 Å². The molecule has 0 aromatic heterocycles. The summed E-state index contributed by atoms with van der Waals surface area (Å²) in [7, 11) is 0. The molecule has 2 rings (SSSR count). The summed E-state index contributed by atoms with van der Waals surface area (Å²) in [6.07, 6.45) is 0. The van der Waals surface area contributed by atoms with E-state index >= 15 is 0 Å². The maximum atomic E-state index is 12.1. The average molecular weight is 344 g/mol. The van der Waals surface area contributed by atoms with Crippen LogP contribution in [0, 0.1) is 0 Å². The number of benzene rings is 2. The third-order valence-electron chi connectivity index (χ3n) is 3.08. The summed E-state index contributed by atoms with van der Waals surface area (Å²) in [6, 6.07) is 12.7. The van der Waals surface area contributed by atoms with E-state index in [1.807, 2.05) is 30.3 Å². The van der Waals surface area contributed by atoms with Crippen LogP contribution >= 0.6 is 34.8 Å². The maximum absolute atomic E-state index is 12.1. The smallest absolute Gasteiger partial charge is 0.313 e. The van der Waals surface area contributed by atoms with Gasteiger partial charge in [0.2, 0.25) is 0 Å². The molecule has 2 nitrogen and oxygen atoms in total. The van der Waals surface area contributed by atoms with E-state index < -0.39 is 5.92 Å². The molecule has 21 heavy (non-hydrogen) atoms. The number of hydrogen-bond acceptors (Lipinski definition) is 2. The highest BCUT2D eigenvalue weighted by Crippen LogP contribution is 2.33. The molecule has 2 aromatic rings. The Bertz CT molecular complexity index is 618. The predicted octanol–water partition coefficient (Wildman–Crippen LogP) is 5.49. The lowest BCUT2D eigenvalue weighted by Crippen LogP contribution is -2.13. The van der Waals surface area contributed by atoms with Crippen LogP contribution in [0.25, 0.3) is 0 Å². The molecule has 110 valence electrons. The highest BCUT2D eigenvalue weighted by molar-refractivity contribution is 6.48. The molecule has 0 aliphatic heterocycles. The number of hydrogen-bond donors (Lipinski definition) is 0. The lowest BCUT2D eigenvalue weighted by atomic mass is 10.0. The minimum absolute atomic E-state index is 0.235. The van der Waals surface area contributed by atoms with E-state index in [9.17, 15) is 4.79 Å². The zero-order chi connectivity index (χ0) is 15.4. The van der Waals surface area contributed by atoms with Gasteiger partial charge in [0.15, 0.2) is 0 Å². The van der Waals surface area contributed by atoms with E-state index in [1.54, 1.807) is 19.1 Å². The van der Waals surface area contributed by atoms with Gasteiger partial charge in [0.05, 0.1) is 21.0 Å². The fourth-order valence-electron chi connectivity index (χ4n) is 1.81. The molecule has 0 aliphatic carbocycles. The summed E-state index contributed by atoms with van der Waals surface area (Å²) in [5.74, 6) is -0.811. The number of rotatable bonds is 4. The Morgan fingerprint density at radius 1 is 1.10 bits per heavy atom. The molecular weight excluding hydrogens is 331 g/mol. The summed E-state index contributed by atoms with van der Waals surface area (Å²) in [6.45, 7) is 1.97. The Kier molecular flexibility index (Phi) is 5.51. The largest absolute Gasteiger partial charge is 0.460 e. The monoisotopic (exact) mass is 342 g/mol. The molecule has 0 radical (unpaired) electrons. The molecule has 1 unspecified atom stereocenters. The van der Waals surface area contributed by atoms with Gasteiger partial charge in [-0.25, -0.2) is 0 Å². The van der Waals surface area contributed by atoms with Gasteiger partial charge in [0.25, 0.3) is 0 Å². The number of carbonyl (C=O) groups excluding carboxylic acids is 1. The van der Waals surface area contributed by atoms with Crippen molar-refractivity contribution in [2.24, 2.45) is 0 Å². The molecule has 0 heterocycles. The van der Waals surface area contributed by atoms with Crippen LogP contribution in [0.15, 0.2) is 42.5 Å². The fourth-order valence-corrected chi connectivity index (χ4v) is 2.43. The Morgan fingerprint density at radius 3 is 2.24 bits per heavy atom. The maximum Gasteiger partial charge on any atom is 0.313 e. The van der Waals surface area contributed by atoms with Crippen LogP contribution < -0.4 is 0 Å². The van der Waals surface area contributed by atoms with Crippen molar-refractivity contribution in [2.75, 3.05) is 0 Å². The van der Waals surface area contributed by atoms with Gasteiger partial charge in [0.1, 0.15) is 6.61 Å². The van der Waals surface area contributed by atoms with Crippen molar-refractivity contribution in [1.82, 2.24) is 0 Å².